The van der Waals surface area contributed by atoms with Gasteiger partial charge in [0.05, 0.1) is 18.8 Å². The molecule has 0 amide bonds. The van der Waals surface area contributed by atoms with Gasteiger partial charge in [0.25, 0.3) is 0 Å². The summed E-state index contributed by atoms with van der Waals surface area (Å²) < 4.78 is 7.23. The molecule has 1 N–H and O–H groups in total. The van der Waals surface area contributed by atoms with E-state index in [9.17, 15) is 0 Å². The molecule has 0 bridgehead atoms. The second kappa shape index (κ2) is 5.99. The summed E-state index contributed by atoms with van der Waals surface area (Å²) in [5, 5.41) is 8.10. The van der Waals surface area contributed by atoms with E-state index in [0.29, 0.717) is 0 Å². The van der Waals surface area contributed by atoms with Crippen LogP contribution in [0.5, 0.6) is 5.75 Å². The van der Waals surface area contributed by atoms with Crippen LogP contribution >= 0.6 is 0 Å². The van der Waals surface area contributed by atoms with Crippen LogP contribution in [0, 0.1) is 13.8 Å². The average molecular weight is 273 g/mol. The molecule has 4 nitrogen and oxygen atoms in total. The Morgan fingerprint density at radius 1 is 1.25 bits per heavy atom. The fourth-order valence-electron chi connectivity index (χ4n) is 2.65. The molecule has 0 radical (unpaired) electrons. The van der Waals surface area contributed by atoms with Gasteiger partial charge in [-0.2, -0.15) is 5.10 Å². The lowest BCUT2D eigenvalue weighted by molar-refractivity contribution is 0.415. The summed E-state index contributed by atoms with van der Waals surface area (Å²) in [7, 11) is 1.68. The van der Waals surface area contributed by atoms with Gasteiger partial charge in [0.15, 0.2) is 0 Å². The first-order chi connectivity index (χ1) is 9.56. The number of aryl methyl sites for hydroxylation is 2. The molecule has 0 aliphatic rings. The lowest BCUT2D eigenvalue weighted by Gasteiger charge is -2.16. The van der Waals surface area contributed by atoms with E-state index in [1.807, 2.05) is 24.3 Å². The third kappa shape index (κ3) is 2.79. The largest absolute Gasteiger partial charge is 0.497 e. The predicted molar refractivity (Wildman–Crippen MR) is 82.4 cm³/mol. The van der Waals surface area contributed by atoms with Gasteiger partial charge in [-0.3, -0.25) is 4.68 Å². The Hall–Kier alpha value is -1.97. The number of nitrogens with zero attached hydrogens (tertiary/aromatic N) is 2. The Bertz CT molecular complexity index is 572. The van der Waals surface area contributed by atoms with Gasteiger partial charge in [0, 0.05) is 23.5 Å². The Labute approximate surface area is 120 Å². The molecule has 20 heavy (non-hydrogen) atoms. The van der Waals surface area contributed by atoms with E-state index in [0.717, 1.165) is 23.7 Å². The molecule has 0 saturated heterocycles. The van der Waals surface area contributed by atoms with Gasteiger partial charge in [-0.05, 0) is 52.0 Å². The van der Waals surface area contributed by atoms with Crippen LogP contribution in [0.15, 0.2) is 24.3 Å². The van der Waals surface area contributed by atoms with Gasteiger partial charge >= 0.3 is 0 Å². The molecule has 1 atom stereocenters. The Kier molecular flexibility index (Phi) is 4.32. The number of ether oxygens (including phenoxy) is 1. The second-order valence-corrected chi connectivity index (χ2v) is 4.99. The van der Waals surface area contributed by atoms with Gasteiger partial charge in [-0.1, -0.05) is 0 Å². The van der Waals surface area contributed by atoms with Gasteiger partial charge < -0.3 is 10.1 Å². The van der Waals surface area contributed by atoms with Crippen molar-refractivity contribution in [3.63, 3.8) is 0 Å². The molecule has 0 fully saturated rings. The van der Waals surface area contributed by atoms with E-state index in [1.165, 1.54) is 11.3 Å². The van der Waals surface area contributed by atoms with Crippen molar-refractivity contribution in [2.75, 3.05) is 12.4 Å². The molecule has 1 heterocycles. The van der Waals surface area contributed by atoms with E-state index >= 15 is 0 Å². The van der Waals surface area contributed by atoms with E-state index in [4.69, 9.17) is 4.74 Å². The zero-order chi connectivity index (χ0) is 14.7. The summed E-state index contributed by atoms with van der Waals surface area (Å²) in [5.74, 6) is 0.870. The zero-order valence-corrected chi connectivity index (χ0v) is 12.9. The minimum absolute atomic E-state index is 0.226. The van der Waals surface area contributed by atoms with Gasteiger partial charge in [-0.15, -0.1) is 0 Å². The number of benzene rings is 1. The first-order valence-corrected chi connectivity index (χ1v) is 7.01. The van der Waals surface area contributed by atoms with Crippen molar-refractivity contribution in [2.45, 2.75) is 40.3 Å². The van der Waals surface area contributed by atoms with Crippen molar-refractivity contribution in [2.24, 2.45) is 0 Å². The number of rotatable bonds is 5. The predicted octanol–water partition coefficient (Wildman–Crippen LogP) is 3.70. The van der Waals surface area contributed by atoms with Crippen molar-refractivity contribution in [1.82, 2.24) is 9.78 Å². The lowest BCUT2D eigenvalue weighted by atomic mass is 10.1. The average Bonchev–Trinajstić information content (AvgIpc) is 2.74. The minimum Gasteiger partial charge on any atom is -0.497 e. The summed E-state index contributed by atoms with van der Waals surface area (Å²) in [6.45, 7) is 9.39. The van der Waals surface area contributed by atoms with Crippen LogP contribution in [-0.2, 0) is 6.54 Å². The monoisotopic (exact) mass is 273 g/mol. The highest BCUT2D eigenvalue weighted by molar-refractivity contribution is 5.48. The third-order valence-corrected chi connectivity index (χ3v) is 3.64. The van der Waals surface area contributed by atoms with Crippen LogP contribution in [0.2, 0.25) is 0 Å². The highest BCUT2D eigenvalue weighted by atomic mass is 16.5. The zero-order valence-electron chi connectivity index (χ0n) is 12.9. The number of hydrogen-bond acceptors (Lipinski definition) is 3. The summed E-state index contributed by atoms with van der Waals surface area (Å²) in [5.41, 5.74) is 4.69. The number of aromatic nitrogens is 2. The summed E-state index contributed by atoms with van der Waals surface area (Å²) in [6.07, 6.45) is 0. The SMILES string of the molecule is CCn1nc(C)c(C(C)Nc2ccc(OC)cc2)c1C. The number of nitrogens with one attached hydrogen (secondary N) is 1. The molecule has 1 unspecified atom stereocenters. The maximum atomic E-state index is 5.17. The van der Waals surface area contributed by atoms with Crippen molar-refractivity contribution >= 4 is 5.69 Å². The fraction of sp³-hybridized carbons (Fsp3) is 0.438. The van der Waals surface area contributed by atoms with Crippen LogP contribution in [-0.4, -0.2) is 16.9 Å². The van der Waals surface area contributed by atoms with Crippen LogP contribution < -0.4 is 10.1 Å². The first kappa shape index (κ1) is 14.4. The summed E-state index contributed by atoms with van der Waals surface area (Å²) in [6, 6.07) is 8.21. The molecule has 1 aromatic heterocycles. The van der Waals surface area contributed by atoms with E-state index < -0.39 is 0 Å². The maximum absolute atomic E-state index is 5.17. The molecule has 0 spiro atoms. The summed E-state index contributed by atoms with van der Waals surface area (Å²) in [4.78, 5) is 0. The number of anilines is 1. The molecule has 108 valence electrons. The van der Waals surface area contributed by atoms with Gasteiger partial charge in [0.2, 0.25) is 0 Å². The molecule has 1 aromatic carbocycles. The smallest absolute Gasteiger partial charge is 0.119 e. The quantitative estimate of drug-likeness (QED) is 0.902. The van der Waals surface area contributed by atoms with Crippen LogP contribution in [0.25, 0.3) is 0 Å². The molecular formula is C16H23N3O. The number of hydrogen-bond donors (Lipinski definition) is 1. The standard InChI is InChI=1S/C16H23N3O/c1-6-19-13(4)16(12(3)18-19)11(2)17-14-7-9-15(20-5)10-8-14/h7-11,17H,6H2,1-5H3. The third-order valence-electron chi connectivity index (χ3n) is 3.64. The fourth-order valence-corrected chi connectivity index (χ4v) is 2.65. The molecule has 4 heteroatoms. The highest BCUT2D eigenvalue weighted by Gasteiger charge is 2.16. The van der Waals surface area contributed by atoms with Crippen LogP contribution in [0.4, 0.5) is 5.69 Å². The van der Waals surface area contributed by atoms with Gasteiger partial charge in [-0.25, -0.2) is 0 Å². The maximum Gasteiger partial charge on any atom is 0.119 e. The number of methoxy groups -OCH3 is 1. The van der Waals surface area contributed by atoms with Crippen LogP contribution in [0.3, 0.4) is 0 Å². The van der Waals surface area contributed by atoms with Gasteiger partial charge in [0.1, 0.15) is 5.75 Å². The van der Waals surface area contributed by atoms with Crippen molar-refractivity contribution in [1.29, 1.82) is 0 Å². The van der Waals surface area contributed by atoms with Crippen molar-refractivity contribution in [3.05, 3.63) is 41.2 Å². The molecule has 0 aliphatic heterocycles. The second-order valence-electron chi connectivity index (χ2n) is 4.99. The van der Waals surface area contributed by atoms with Crippen molar-refractivity contribution < 1.29 is 4.74 Å². The van der Waals surface area contributed by atoms with Crippen LogP contribution in [0.1, 0.15) is 36.8 Å². The van der Waals surface area contributed by atoms with E-state index in [2.05, 4.69) is 42.8 Å². The lowest BCUT2D eigenvalue weighted by Crippen LogP contribution is -2.09. The molecule has 2 rings (SSSR count). The first-order valence-electron chi connectivity index (χ1n) is 7.01. The van der Waals surface area contributed by atoms with E-state index in [1.54, 1.807) is 7.11 Å². The Morgan fingerprint density at radius 3 is 2.40 bits per heavy atom. The Morgan fingerprint density at radius 2 is 1.90 bits per heavy atom. The molecular weight excluding hydrogens is 250 g/mol. The highest BCUT2D eigenvalue weighted by Crippen LogP contribution is 2.26. The molecule has 2 aromatic rings. The topological polar surface area (TPSA) is 39.1 Å². The Balaban J connectivity index is 2.19. The normalized spacial score (nSPS) is 12.2. The molecule has 0 aliphatic carbocycles. The van der Waals surface area contributed by atoms with E-state index in [-0.39, 0.29) is 6.04 Å². The minimum atomic E-state index is 0.226. The summed E-state index contributed by atoms with van der Waals surface area (Å²) >= 11 is 0. The van der Waals surface area contributed by atoms with Crippen molar-refractivity contribution in [3.8, 4) is 5.75 Å². The molecule has 0 saturated carbocycles.